The number of fused-ring (bicyclic) bond motifs is 1. The highest BCUT2D eigenvalue weighted by molar-refractivity contribution is 4.92. The summed E-state index contributed by atoms with van der Waals surface area (Å²) in [5.41, 5.74) is 0. The number of nitrogens with zero attached hydrogens (tertiary/aromatic N) is 1. The van der Waals surface area contributed by atoms with Gasteiger partial charge in [0.1, 0.15) is 0 Å². The summed E-state index contributed by atoms with van der Waals surface area (Å²) in [5, 5.41) is 4.03. The van der Waals surface area contributed by atoms with E-state index < -0.39 is 0 Å². The van der Waals surface area contributed by atoms with Crippen LogP contribution in [0.15, 0.2) is 0 Å². The Morgan fingerprint density at radius 3 is 2.10 bits per heavy atom. The molecule has 2 heteroatoms. The summed E-state index contributed by atoms with van der Waals surface area (Å²) in [4.78, 5) is 2.83. The van der Waals surface area contributed by atoms with E-state index in [0.717, 1.165) is 29.8 Å². The minimum Gasteiger partial charge on any atom is -0.310 e. The van der Waals surface area contributed by atoms with E-state index in [1.165, 1.54) is 83.8 Å². The average molecular weight is 276 g/mol. The van der Waals surface area contributed by atoms with E-state index in [4.69, 9.17) is 0 Å². The SMILES string of the molecule is C1CCC2NC(CN(CC3CC3)CC3CC3)CCC2C1. The highest BCUT2D eigenvalue weighted by Gasteiger charge is 2.34. The third-order valence-corrected chi connectivity index (χ3v) is 6.15. The predicted molar refractivity (Wildman–Crippen MR) is 83.8 cm³/mol. The van der Waals surface area contributed by atoms with Gasteiger partial charge in [-0.25, -0.2) is 0 Å². The summed E-state index contributed by atoms with van der Waals surface area (Å²) in [7, 11) is 0. The molecule has 4 aliphatic rings. The van der Waals surface area contributed by atoms with Crippen LogP contribution in [0.4, 0.5) is 0 Å². The molecule has 114 valence electrons. The molecular weight excluding hydrogens is 244 g/mol. The van der Waals surface area contributed by atoms with Crippen LogP contribution in [0.25, 0.3) is 0 Å². The molecule has 0 aromatic heterocycles. The number of hydrogen-bond donors (Lipinski definition) is 1. The van der Waals surface area contributed by atoms with Gasteiger partial charge in [-0.05, 0) is 69.1 Å². The van der Waals surface area contributed by atoms with E-state index in [1.54, 1.807) is 0 Å². The quantitative estimate of drug-likeness (QED) is 0.799. The molecule has 1 N–H and O–H groups in total. The van der Waals surface area contributed by atoms with Crippen LogP contribution >= 0.6 is 0 Å². The largest absolute Gasteiger partial charge is 0.310 e. The maximum Gasteiger partial charge on any atom is 0.0197 e. The van der Waals surface area contributed by atoms with Crippen molar-refractivity contribution in [1.82, 2.24) is 10.2 Å². The second-order valence-electron chi connectivity index (χ2n) is 8.20. The zero-order valence-electron chi connectivity index (χ0n) is 13.0. The highest BCUT2D eigenvalue weighted by atomic mass is 15.2. The van der Waals surface area contributed by atoms with Gasteiger partial charge >= 0.3 is 0 Å². The van der Waals surface area contributed by atoms with Gasteiger partial charge in [0, 0.05) is 31.7 Å². The van der Waals surface area contributed by atoms with Crippen molar-refractivity contribution in [3.05, 3.63) is 0 Å². The lowest BCUT2D eigenvalue weighted by molar-refractivity contribution is 0.139. The molecule has 20 heavy (non-hydrogen) atoms. The maximum atomic E-state index is 4.03. The van der Waals surface area contributed by atoms with Crippen LogP contribution in [-0.2, 0) is 0 Å². The fourth-order valence-electron chi connectivity index (χ4n) is 4.58. The Bertz CT molecular complexity index is 307. The van der Waals surface area contributed by atoms with Crippen LogP contribution in [-0.4, -0.2) is 36.6 Å². The molecule has 0 bridgehead atoms. The number of piperidine rings is 1. The molecule has 3 unspecified atom stereocenters. The molecule has 1 heterocycles. The van der Waals surface area contributed by atoms with Crippen molar-refractivity contribution in [3.8, 4) is 0 Å². The fourth-order valence-corrected chi connectivity index (χ4v) is 4.58. The molecule has 0 spiro atoms. The second-order valence-corrected chi connectivity index (χ2v) is 8.20. The Labute approximate surface area is 124 Å². The molecule has 3 saturated carbocycles. The van der Waals surface area contributed by atoms with Gasteiger partial charge in [-0.3, -0.25) is 0 Å². The van der Waals surface area contributed by atoms with Crippen molar-refractivity contribution in [2.45, 2.75) is 76.3 Å². The molecule has 0 aromatic rings. The van der Waals surface area contributed by atoms with Gasteiger partial charge in [-0.15, -0.1) is 0 Å². The lowest BCUT2D eigenvalue weighted by Crippen LogP contribution is -2.53. The summed E-state index contributed by atoms with van der Waals surface area (Å²) in [6.45, 7) is 4.15. The Kier molecular flexibility index (Phi) is 4.05. The Balaban J connectivity index is 1.29. The van der Waals surface area contributed by atoms with Gasteiger partial charge in [-0.1, -0.05) is 12.8 Å². The summed E-state index contributed by atoms with van der Waals surface area (Å²) in [6.07, 6.45) is 14.9. The van der Waals surface area contributed by atoms with Crippen molar-refractivity contribution in [1.29, 1.82) is 0 Å². The lowest BCUT2D eigenvalue weighted by Gasteiger charge is -2.42. The molecule has 4 rings (SSSR count). The van der Waals surface area contributed by atoms with Gasteiger partial charge < -0.3 is 10.2 Å². The highest BCUT2D eigenvalue weighted by Crippen LogP contribution is 2.35. The topological polar surface area (TPSA) is 15.3 Å². The number of nitrogens with one attached hydrogen (secondary N) is 1. The van der Waals surface area contributed by atoms with Gasteiger partial charge in [0.25, 0.3) is 0 Å². The van der Waals surface area contributed by atoms with Gasteiger partial charge in [0.2, 0.25) is 0 Å². The predicted octanol–water partition coefficient (Wildman–Crippen LogP) is 3.42. The first-order valence-corrected chi connectivity index (χ1v) is 9.35. The Morgan fingerprint density at radius 2 is 1.40 bits per heavy atom. The minimum atomic E-state index is 0.798. The van der Waals surface area contributed by atoms with E-state index in [2.05, 4.69) is 10.2 Å². The number of hydrogen-bond acceptors (Lipinski definition) is 2. The third kappa shape index (κ3) is 3.57. The van der Waals surface area contributed by atoms with Gasteiger partial charge in [-0.2, -0.15) is 0 Å². The average Bonchev–Trinajstić information content (AvgIpc) is 3.35. The van der Waals surface area contributed by atoms with Crippen LogP contribution in [0.5, 0.6) is 0 Å². The van der Waals surface area contributed by atoms with Crippen molar-refractivity contribution in [3.63, 3.8) is 0 Å². The van der Waals surface area contributed by atoms with Crippen molar-refractivity contribution < 1.29 is 0 Å². The Hall–Kier alpha value is -0.0800. The van der Waals surface area contributed by atoms with Crippen LogP contribution in [0.2, 0.25) is 0 Å². The number of rotatable bonds is 6. The molecule has 1 aliphatic heterocycles. The van der Waals surface area contributed by atoms with Crippen molar-refractivity contribution >= 4 is 0 Å². The maximum absolute atomic E-state index is 4.03. The van der Waals surface area contributed by atoms with Crippen LogP contribution in [0, 0.1) is 17.8 Å². The summed E-state index contributed by atoms with van der Waals surface area (Å²) in [5.74, 6) is 3.12. The molecular formula is C18H32N2. The molecule has 4 fully saturated rings. The van der Waals surface area contributed by atoms with E-state index in [9.17, 15) is 0 Å². The molecule has 1 saturated heterocycles. The van der Waals surface area contributed by atoms with Crippen LogP contribution in [0.1, 0.15) is 64.2 Å². The molecule has 2 nitrogen and oxygen atoms in total. The van der Waals surface area contributed by atoms with Crippen molar-refractivity contribution in [2.75, 3.05) is 19.6 Å². The smallest absolute Gasteiger partial charge is 0.0197 e. The van der Waals surface area contributed by atoms with E-state index in [-0.39, 0.29) is 0 Å². The Morgan fingerprint density at radius 1 is 0.700 bits per heavy atom. The summed E-state index contributed by atoms with van der Waals surface area (Å²) < 4.78 is 0. The first kappa shape index (κ1) is 13.6. The minimum absolute atomic E-state index is 0.798. The van der Waals surface area contributed by atoms with E-state index in [0.29, 0.717) is 0 Å². The molecule has 3 atom stereocenters. The first-order chi connectivity index (χ1) is 9.87. The van der Waals surface area contributed by atoms with E-state index in [1.807, 2.05) is 0 Å². The summed E-state index contributed by atoms with van der Waals surface area (Å²) >= 11 is 0. The third-order valence-electron chi connectivity index (χ3n) is 6.15. The second kappa shape index (κ2) is 5.96. The molecule has 3 aliphatic carbocycles. The zero-order chi connectivity index (χ0) is 13.4. The van der Waals surface area contributed by atoms with Crippen molar-refractivity contribution in [2.24, 2.45) is 17.8 Å². The summed E-state index contributed by atoms with van der Waals surface area (Å²) in [6, 6.07) is 1.66. The lowest BCUT2D eigenvalue weighted by atomic mass is 9.77. The van der Waals surface area contributed by atoms with Gasteiger partial charge in [0.05, 0.1) is 0 Å². The monoisotopic (exact) mass is 276 g/mol. The van der Waals surface area contributed by atoms with Gasteiger partial charge in [0.15, 0.2) is 0 Å². The van der Waals surface area contributed by atoms with E-state index >= 15 is 0 Å². The fraction of sp³-hybridized carbons (Fsp3) is 1.00. The zero-order valence-corrected chi connectivity index (χ0v) is 13.0. The van der Waals surface area contributed by atoms with Crippen LogP contribution in [0.3, 0.4) is 0 Å². The van der Waals surface area contributed by atoms with Crippen LogP contribution < -0.4 is 5.32 Å². The molecule has 0 radical (unpaired) electrons. The standard InChI is InChI=1S/C18H32N2/c1-2-4-18-16(3-1)9-10-17(19-18)13-20(11-14-5-6-14)12-15-7-8-15/h14-19H,1-13H2. The normalized spacial score (nSPS) is 38.0. The molecule has 0 aromatic carbocycles. The first-order valence-electron chi connectivity index (χ1n) is 9.35. The molecule has 0 amide bonds.